The summed E-state index contributed by atoms with van der Waals surface area (Å²) >= 11 is 0. The van der Waals surface area contributed by atoms with E-state index in [-0.39, 0.29) is 29.0 Å². The predicted molar refractivity (Wildman–Crippen MR) is 74.5 cm³/mol. The fraction of sp³-hybridized carbons (Fsp3) is 0.333. The fourth-order valence-corrected chi connectivity index (χ4v) is 1.53. The van der Waals surface area contributed by atoms with Crippen LogP contribution in [0.25, 0.3) is 6.08 Å². The third-order valence-corrected chi connectivity index (χ3v) is 2.46. The van der Waals surface area contributed by atoms with Gasteiger partial charge in [0.2, 0.25) is 0 Å². The van der Waals surface area contributed by atoms with Crippen molar-refractivity contribution in [3.63, 3.8) is 0 Å². The van der Waals surface area contributed by atoms with E-state index >= 15 is 0 Å². The maximum Gasteiger partial charge on any atom is 0.342 e. The maximum atomic E-state index is 11.8. The number of carbonyl (C=O) groups is 2. The van der Waals surface area contributed by atoms with Crippen LogP contribution < -0.4 is 4.74 Å². The van der Waals surface area contributed by atoms with Crippen LogP contribution in [0.5, 0.6) is 11.5 Å². The number of Topliss-reactive ketones (excluding diaryl/α,β-unsaturated/α-hetero) is 1. The van der Waals surface area contributed by atoms with Crippen LogP contribution in [0.1, 0.15) is 26.3 Å². The van der Waals surface area contributed by atoms with E-state index in [4.69, 9.17) is 9.47 Å². The van der Waals surface area contributed by atoms with Gasteiger partial charge in [-0.25, -0.2) is 4.79 Å². The van der Waals surface area contributed by atoms with Crippen molar-refractivity contribution in [1.82, 2.24) is 0 Å². The smallest absolute Gasteiger partial charge is 0.342 e. The van der Waals surface area contributed by atoms with Gasteiger partial charge in [-0.15, -0.1) is 0 Å². The zero-order valence-electron chi connectivity index (χ0n) is 12.0. The standard InChI is InChI=1S/C15H18O5/c1-9(2)20-15(18)12(10(3)16)7-11-5-6-13(17)14(8-11)19-4/h5-9,17H,1-4H3. The number of phenols is 1. The van der Waals surface area contributed by atoms with E-state index in [0.29, 0.717) is 5.56 Å². The number of esters is 1. The molecule has 108 valence electrons. The highest BCUT2D eigenvalue weighted by molar-refractivity contribution is 6.19. The van der Waals surface area contributed by atoms with Crippen molar-refractivity contribution in [2.45, 2.75) is 26.9 Å². The van der Waals surface area contributed by atoms with Crippen LogP contribution >= 0.6 is 0 Å². The van der Waals surface area contributed by atoms with Gasteiger partial charge in [0.1, 0.15) is 5.57 Å². The summed E-state index contributed by atoms with van der Waals surface area (Å²) in [5.41, 5.74) is 0.511. The van der Waals surface area contributed by atoms with Gasteiger partial charge in [-0.1, -0.05) is 6.07 Å². The summed E-state index contributed by atoms with van der Waals surface area (Å²) < 4.78 is 9.99. The summed E-state index contributed by atoms with van der Waals surface area (Å²) in [6, 6.07) is 4.53. The average molecular weight is 278 g/mol. The van der Waals surface area contributed by atoms with Crippen molar-refractivity contribution < 1.29 is 24.2 Å². The Morgan fingerprint density at radius 2 is 1.95 bits per heavy atom. The van der Waals surface area contributed by atoms with Gasteiger partial charge in [0, 0.05) is 0 Å². The normalized spacial score (nSPS) is 11.3. The number of methoxy groups -OCH3 is 1. The number of hydrogen-bond donors (Lipinski definition) is 1. The monoisotopic (exact) mass is 278 g/mol. The van der Waals surface area contributed by atoms with Gasteiger partial charge in [-0.05, 0) is 44.5 Å². The van der Waals surface area contributed by atoms with E-state index in [9.17, 15) is 14.7 Å². The van der Waals surface area contributed by atoms with E-state index in [1.54, 1.807) is 19.9 Å². The van der Waals surface area contributed by atoms with Gasteiger partial charge < -0.3 is 14.6 Å². The first-order valence-electron chi connectivity index (χ1n) is 6.15. The predicted octanol–water partition coefficient (Wildman–Crippen LogP) is 2.32. The first kappa shape index (κ1) is 15.8. The molecular weight excluding hydrogens is 260 g/mol. The van der Waals surface area contributed by atoms with E-state index in [0.717, 1.165) is 0 Å². The zero-order valence-corrected chi connectivity index (χ0v) is 12.0. The third kappa shape index (κ3) is 4.12. The Morgan fingerprint density at radius 3 is 2.45 bits per heavy atom. The van der Waals surface area contributed by atoms with Crippen molar-refractivity contribution >= 4 is 17.8 Å². The number of phenolic OH excluding ortho intramolecular Hbond substituents is 1. The van der Waals surface area contributed by atoms with Gasteiger partial charge in [0.15, 0.2) is 17.3 Å². The van der Waals surface area contributed by atoms with Gasteiger partial charge in [-0.2, -0.15) is 0 Å². The van der Waals surface area contributed by atoms with Gasteiger partial charge in [0.25, 0.3) is 0 Å². The molecule has 0 radical (unpaired) electrons. The van der Waals surface area contributed by atoms with E-state index in [1.807, 2.05) is 0 Å². The molecule has 20 heavy (non-hydrogen) atoms. The van der Waals surface area contributed by atoms with Crippen molar-refractivity contribution in [1.29, 1.82) is 0 Å². The minimum absolute atomic E-state index is 0.0150. The Morgan fingerprint density at radius 1 is 1.30 bits per heavy atom. The van der Waals surface area contributed by atoms with Crippen LogP contribution in [-0.4, -0.2) is 30.1 Å². The second-order valence-electron chi connectivity index (χ2n) is 4.50. The minimum Gasteiger partial charge on any atom is -0.504 e. The molecule has 0 bridgehead atoms. The number of rotatable bonds is 5. The molecule has 0 aliphatic heterocycles. The van der Waals surface area contributed by atoms with Crippen LogP contribution in [-0.2, 0) is 14.3 Å². The molecule has 0 amide bonds. The largest absolute Gasteiger partial charge is 0.504 e. The topological polar surface area (TPSA) is 72.8 Å². The number of ketones is 1. The highest BCUT2D eigenvalue weighted by Crippen LogP contribution is 2.27. The SMILES string of the molecule is COc1cc(C=C(C(C)=O)C(=O)OC(C)C)ccc1O. The van der Waals surface area contributed by atoms with Crippen molar-refractivity contribution in [3.05, 3.63) is 29.3 Å². The van der Waals surface area contributed by atoms with Crippen LogP contribution in [0.3, 0.4) is 0 Å². The second kappa shape index (κ2) is 6.75. The Labute approximate surface area is 117 Å². The Bertz CT molecular complexity index is 543. The molecule has 0 saturated carbocycles. The number of benzene rings is 1. The van der Waals surface area contributed by atoms with Crippen LogP contribution in [0.2, 0.25) is 0 Å². The number of hydrogen-bond acceptors (Lipinski definition) is 5. The molecule has 1 aromatic carbocycles. The molecule has 1 aromatic rings. The zero-order chi connectivity index (χ0) is 15.3. The molecular formula is C15H18O5. The van der Waals surface area contributed by atoms with Crippen LogP contribution in [0.4, 0.5) is 0 Å². The molecule has 0 unspecified atom stereocenters. The van der Waals surface area contributed by atoms with Crippen molar-refractivity contribution in [2.24, 2.45) is 0 Å². The minimum atomic E-state index is -0.667. The lowest BCUT2D eigenvalue weighted by molar-refractivity contribution is -0.143. The maximum absolute atomic E-state index is 11.8. The Balaban J connectivity index is 3.14. The van der Waals surface area contributed by atoms with Gasteiger partial charge in [-0.3, -0.25) is 4.79 Å². The lowest BCUT2D eigenvalue weighted by atomic mass is 10.1. The lowest BCUT2D eigenvalue weighted by Gasteiger charge is -2.09. The lowest BCUT2D eigenvalue weighted by Crippen LogP contribution is -2.17. The summed E-state index contributed by atoms with van der Waals surface area (Å²) in [5.74, 6) is -0.806. The Hall–Kier alpha value is -2.30. The number of carbonyl (C=O) groups excluding carboxylic acids is 2. The number of aromatic hydroxyl groups is 1. The van der Waals surface area contributed by atoms with E-state index in [1.165, 1.54) is 32.2 Å². The molecule has 0 spiro atoms. The second-order valence-corrected chi connectivity index (χ2v) is 4.50. The number of ether oxygens (including phenoxy) is 2. The summed E-state index contributed by atoms with van der Waals surface area (Å²) in [6.07, 6.45) is 1.11. The molecule has 0 heterocycles. The Kier molecular flexibility index (Phi) is 5.32. The molecule has 5 nitrogen and oxygen atoms in total. The summed E-state index contributed by atoms with van der Waals surface area (Å²) in [4.78, 5) is 23.4. The van der Waals surface area contributed by atoms with E-state index < -0.39 is 5.97 Å². The molecule has 5 heteroatoms. The van der Waals surface area contributed by atoms with E-state index in [2.05, 4.69) is 0 Å². The summed E-state index contributed by atoms with van der Waals surface area (Å²) in [6.45, 7) is 4.71. The molecule has 0 fully saturated rings. The van der Waals surface area contributed by atoms with Crippen LogP contribution in [0, 0.1) is 0 Å². The highest BCUT2D eigenvalue weighted by atomic mass is 16.5. The molecule has 1 N–H and O–H groups in total. The van der Waals surface area contributed by atoms with Gasteiger partial charge >= 0.3 is 5.97 Å². The molecule has 0 saturated heterocycles. The van der Waals surface area contributed by atoms with Crippen molar-refractivity contribution in [2.75, 3.05) is 7.11 Å². The summed E-state index contributed by atoms with van der Waals surface area (Å²) in [7, 11) is 1.42. The molecule has 0 aliphatic carbocycles. The highest BCUT2D eigenvalue weighted by Gasteiger charge is 2.17. The van der Waals surface area contributed by atoms with Crippen molar-refractivity contribution in [3.8, 4) is 11.5 Å². The fourth-order valence-electron chi connectivity index (χ4n) is 1.53. The molecule has 1 rings (SSSR count). The molecule has 0 aromatic heterocycles. The first-order chi connectivity index (χ1) is 9.35. The molecule has 0 aliphatic rings. The third-order valence-electron chi connectivity index (χ3n) is 2.46. The quantitative estimate of drug-likeness (QED) is 0.387. The first-order valence-corrected chi connectivity index (χ1v) is 6.15. The average Bonchev–Trinajstić information content (AvgIpc) is 2.36. The van der Waals surface area contributed by atoms with Gasteiger partial charge in [0.05, 0.1) is 13.2 Å². The summed E-state index contributed by atoms with van der Waals surface area (Å²) in [5, 5.41) is 9.50. The van der Waals surface area contributed by atoms with Crippen LogP contribution in [0.15, 0.2) is 23.8 Å². The molecule has 0 atom stereocenters.